The summed E-state index contributed by atoms with van der Waals surface area (Å²) in [5.41, 5.74) is 4.59. The van der Waals surface area contributed by atoms with Crippen LogP contribution in [0.4, 0.5) is 21.8 Å². The van der Waals surface area contributed by atoms with Gasteiger partial charge in [0.25, 0.3) is 0 Å². The average Bonchev–Trinajstić information content (AvgIpc) is 3.37. The number of likely N-dealkylation sites (N-methyl/N-ethyl adjacent to an activating group) is 1. The number of anilines is 3. The van der Waals surface area contributed by atoms with Gasteiger partial charge in [-0.1, -0.05) is 0 Å². The Balaban J connectivity index is 1.25. The average molecular weight is 511 g/mol. The highest BCUT2D eigenvalue weighted by atomic mass is 19.1. The first-order chi connectivity index (χ1) is 18.6. The molecule has 0 spiro atoms. The molecule has 0 atom stereocenters. The summed E-state index contributed by atoms with van der Waals surface area (Å²) >= 11 is 0. The minimum Gasteiger partial charge on any atom is -0.497 e. The third-order valence-electron chi connectivity index (χ3n) is 6.70. The van der Waals surface area contributed by atoms with Crippen molar-refractivity contribution in [1.82, 2.24) is 29.2 Å². The largest absolute Gasteiger partial charge is 0.497 e. The van der Waals surface area contributed by atoms with Crippen molar-refractivity contribution in [3.05, 3.63) is 79.1 Å². The topological polar surface area (TPSA) is 83.7 Å². The summed E-state index contributed by atoms with van der Waals surface area (Å²) in [5, 5.41) is 3.25. The lowest BCUT2D eigenvalue weighted by Crippen LogP contribution is -2.44. The Morgan fingerprint density at radius 1 is 0.895 bits per heavy atom. The molecule has 4 aromatic heterocycles. The van der Waals surface area contributed by atoms with Crippen LogP contribution in [-0.2, 0) is 0 Å². The number of methoxy groups -OCH3 is 1. The number of hydrogen-bond acceptors (Lipinski definition) is 8. The molecule has 0 bridgehead atoms. The van der Waals surface area contributed by atoms with Crippen molar-refractivity contribution in [3.63, 3.8) is 0 Å². The van der Waals surface area contributed by atoms with Gasteiger partial charge >= 0.3 is 0 Å². The second-order valence-corrected chi connectivity index (χ2v) is 9.26. The lowest BCUT2D eigenvalue weighted by Gasteiger charge is -2.33. The summed E-state index contributed by atoms with van der Waals surface area (Å²) in [6.45, 7) is 4.00. The zero-order valence-corrected chi connectivity index (χ0v) is 21.2. The van der Waals surface area contributed by atoms with E-state index < -0.39 is 0 Å². The predicted octanol–water partition coefficient (Wildman–Crippen LogP) is 4.50. The molecule has 0 amide bonds. The summed E-state index contributed by atoms with van der Waals surface area (Å²) in [5.74, 6) is 1.53. The number of pyridine rings is 2. The summed E-state index contributed by atoms with van der Waals surface area (Å²) < 4.78 is 21.3. The molecule has 1 aliphatic heterocycles. The molecule has 0 unspecified atom stereocenters. The molecule has 9 nitrogen and oxygen atoms in total. The van der Waals surface area contributed by atoms with Crippen molar-refractivity contribution < 1.29 is 9.13 Å². The number of rotatable bonds is 6. The van der Waals surface area contributed by atoms with Crippen molar-refractivity contribution in [3.8, 4) is 28.3 Å². The van der Waals surface area contributed by atoms with Gasteiger partial charge in [0.2, 0.25) is 5.95 Å². The highest BCUT2D eigenvalue weighted by Gasteiger charge is 2.15. The van der Waals surface area contributed by atoms with Gasteiger partial charge in [-0.2, -0.15) is 0 Å². The van der Waals surface area contributed by atoms with Crippen molar-refractivity contribution in [2.45, 2.75) is 0 Å². The molecule has 1 aromatic carbocycles. The maximum atomic E-state index is 14.1. The van der Waals surface area contributed by atoms with E-state index in [-0.39, 0.29) is 5.82 Å². The SMILES string of the molecule is COc1cc(F)cc(-c2ccc3ncc(-c4ccnc(Nc5ccc(N6CCN(C)CC6)nc5)n4)n3c2)c1. The molecule has 5 heterocycles. The molecule has 0 radical (unpaired) electrons. The monoisotopic (exact) mass is 510 g/mol. The van der Waals surface area contributed by atoms with Gasteiger partial charge in [0, 0.05) is 44.6 Å². The second-order valence-electron chi connectivity index (χ2n) is 9.26. The summed E-state index contributed by atoms with van der Waals surface area (Å²) in [6, 6.07) is 14.3. The van der Waals surface area contributed by atoms with E-state index in [2.05, 4.69) is 37.1 Å². The van der Waals surface area contributed by atoms with E-state index in [1.54, 1.807) is 24.7 Å². The number of piperazine rings is 1. The Labute approximate surface area is 219 Å². The van der Waals surface area contributed by atoms with E-state index in [1.807, 2.05) is 40.9 Å². The number of fused-ring (bicyclic) bond motifs is 1. The standard InChI is InChI=1S/C28H27FN8O/c1-35-9-11-36(12-10-35)26-6-4-22(16-31-26)33-28-30-8-7-24(34-28)25-17-32-27-5-3-19(18-37(25)27)20-13-21(29)15-23(14-20)38-2/h3-8,13-18H,9-12H2,1-2H3,(H,30,33,34). The first-order valence-corrected chi connectivity index (χ1v) is 12.4. The third-order valence-corrected chi connectivity index (χ3v) is 6.70. The molecule has 1 saturated heterocycles. The van der Waals surface area contributed by atoms with E-state index in [1.165, 1.54) is 19.2 Å². The first-order valence-electron chi connectivity index (χ1n) is 12.4. The molecule has 38 heavy (non-hydrogen) atoms. The van der Waals surface area contributed by atoms with E-state index in [0.29, 0.717) is 23.0 Å². The number of halogens is 1. The molecule has 6 rings (SSSR count). The van der Waals surface area contributed by atoms with Crippen LogP contribution in [0.15, 0.2) is 73.3 Å². The van der Waals surface area contributed by atoms with E-state index in [9.17, 15) is 4.39 Å². The van der Waals surface area contributed by atoms with Crippen molar-refractivity contribution in [1.29, 1.82) is 0 Å². The molecule has 0 saturated carbocycles. The number of aromatic nitrogens is 5. The summed E-state index contributed by atoms with van der Waals surface area (Å²) in [6.07, 6.45) is 7.20. The normalized spacial score (nSPS) is 14.1. The quantitative estimate of drug-likeness (QED) is 0.358. The smallest absolute Gasteiger partial charge is 0.227 e. The number of benzene rings is 1. The Morgan fingerprint density at radius 3 is 2.55 bits per heavy atom. The molecule has 10 heteroatoms. The van der Waals surface area contributed by atoms with Crippen LogP contribution in [0.25, 0.3) is 28.2 Å². The lowest BCUT2D eigenvalue weighted by atomic mass is 10.1. The minimum absolute atomic E-state index is 0.358. The van der Waals surface area contributed by atoms with Crippen molar-refractivity contribution in [2.75, 3.05) is 50.6 Å². The van der Waals surface area contributed by atoms with E-state index >= 15 is 0 Å². The fourth-order valence-corrected chi connectivity index (χ4v) is 4.56. The van der Waals surface area contributed by atoms with Crippen LogP contribution in [0, 0.1) is 5.82 Å². The third kappa shape index (κ3) is 4.85. The molecule has 1 aliphatic rings. The van der Waals surface area contributed by atoms with Gasteiger partial charge in [0.1, 0.15) is 23.0 Å². The molecular formula is C28H27FN8O. The zero-order chi connectivity index (χ0) is 26.1. The maximum Gasteiger partial charge on any atom is 0.227 e. The Kier molecular flexibility index (Phi) is 6.30. The highest BCUT2D eigenvalue weighted by Crippen LogP contribution is 2.28. The van der Waals surface area contributed by atoms with Crippen LogP contribution in [0.2, 0.25) is 0 Å². The van der Waals surface area contributed by atoms with Gasteiger partial charge < -0.3 is 19.9 Å². The number of ether oxygens (including phenoxy) is 1. The molecule has 192 valence electrons. The predicted molar refractivity (Wildman–Crippen MR) is 145 cm³/mol. The minimum atomic E-state index is -0.358. The Morgan fingerprint density at radius 2 is 1.76 bits per heavy atom. The summed E-state index contributed by atoms with van der Waals surface area (Å²) in [7, 11) is 3.66. The zero-order valence-electron chi connectivity index (χ0n) is 21.2. The molecule has 5 aromatic rings. The van der Waals surface area contributed by atoms with Gasteiger partial charge in [-0.05, 0) is 60.6 Å². The second kappa shape index (κ2) is 10.1. The number of nitrogens with one attached hydrogen (secondary N) is 1. The van der Waals surface area contributed by atoms with Gasteiger partial charge in [0.05, 0.1) is 36.6 Å². The summed E-state index contributed by atoms with van der Waals surface area (Å²) in [4.78, 5) is 22.9. The van der Waals surface area contributed by atoms with Crippen LogP contribution in [0.5, 0.6) is 5.75 Å². The Bertz CT molecular complexity index is 1580. The van der Waals surface area contributed by atoms with Crippen LogP contribution >= 0.6 is 0 Å². The fraction of sp³-hybridized carbons (Fsp3) is 0.214. The molecule has 0 aliphatic carbocycles. The van der Waals surface area contributed by atoms with Crippen molar-refractivity contribution in [2.24, 2.45) is 0 Å². The Hall–Kier alpha value is -4.57. The molecule has 1 N–H and O–H groups in total. The number of imidazole rings is 1. The van der Waals surface area contributed by atoms with Crippen LogP contribution in [0.1, 0.15) is 0 Å². The fourth-order valence-electron chi connectivity index (χ4n) is 4.56. The van der Waals surface area contributed by atoms with E-state index in [4.69, 9.17) is 9.72 Å². The van der Waals surface area contributed by atoms with E-state index in [0.717, 1.165) is 54.6 Å². The van der Waals surface area contributed by atoms with Gasteiger partial charge in [-0.15, -0.1) is 0 Å². The van der Waals surface area contributed by atoms with Crippen molar-refractivity contribution >= 4 is 23.1 Å². The van der Waals surface area contributed by atoms with Crippen LogP contribution < -0.4 is 15.0 Å². The molecule has 1 fully saturated rings. The van der Waals surface area contributed by atoms with Gasteiger partial charge in [-0.3, -0.25) is 4.40 Å². The van der Waals surface area contributed by atoms with Gasteiger partial charge in [0.15, 0.2) is 0 Å². The van der Waals surface area contributed by atoms with Crippen LogP contribution in [0.3, 0.4) is 0 Å². The van der Waals surface area contributed by atoms with Gasteiger partial charge in [-0.25, -0.2) is 24.3 Å². The maximum absolute atomic E-state index is 14.1. The van der Waals surface area contributed by atoms with Crippen LogP contribution in [-0.4, -0.2) is 69.6 Å². The molecular weight excluding hydrogens is 483 g/mol. The number of hydrogen-bond donors (Lipinski definition) is 1. The lowest BCUT2D eigenvalue weighted by molar-refractivity contribution is 0.312. The highest BCUT2D eigenvalue weighted by molar-refractivity contribution is 5.69. The number of nitrogens with zero attached hydrogens (tertiary/aromatic N) is 7. The first kappa shape index (κ1) is 23.8.